The summed E-state index contributed by atoms with van der Waals surface area (Å²) in [6.45, 7) is 5.93. The number of epoxide rings is 1. The molecule has 0 bridgehead atoms. The van der Waals surface area contributed by atoms with Crippen molar-refractivity contribution in [1.29, 1.82) is 0 Å². The first-order chi connectivity index (χ1) is 10.9. The summed E-state index contributed by atoms with van der Waals surface area (Å²) >= 11 is 0. The van der Waals surface area contributed by atoms with Crippen LogP contribution in [0, 0.1) is 0 Å². The Labute approximate surface area is 138 Å². The summed E-state index contributed by atoms with van der Waals surface area (Å²) in [5.41, 5.74) is 0. The molecule has 1 rings (SSSR count). The number of ether oxygens (including phenoxy) is 1. The summed E-state index contributed by atoms with van der Waals surface area (Å²) in [6.07, 6.45) is 27.5. The largest absolute Gasteiger partial charge is 0.370 e. The molecule has 1 heteroatoms. The van der Waals surface area contributed by atoms with Crippen LogP contribution in [0.1, 0.15) is 84.0 Å². The maximum Gasteiger partial charge on any atom is 0.0844 e. The monoisotopic (exact) mass is 304 g/mol. The van der Waals surface area contributed by atoms with Gasteiger partial charge in [0.05, 0.1) is 12.2 Å². The molecule has 0 spiro atoms. The summed E-state index contributed by atoms with van der Waals surface area (Å²) in [4.78, 5) is 0. The second-order valence-electron chi connectivity index (χ2n) is 6.46. The highest BCUT2D eigenvalue weighted by atomic mass is 16.6. The lowest BCUT2D eigenvalue weighted by molar-refractivity contribution is 0.352. The number of hydrogen-bond donors (Lipinski definition) is 0. The van der Waals surface area contributed by atoms with Gasteiger partial charge in [-0.05, 0) is 19.3 Å². The Morgan fingerprint density at radius 2 is 1.41 bits per heavy atom. The van der Waals surface area contributed by atoms with Crippen LogP contribution in [0.4, 0.5) is 0 Å². The summed E-state index contributed by atoms with van der Waals surface area (Å²) < 4.78 is 5.75. The molecule has 1 heterocycles. The van der Waals surface area contributed by atoms with Crippen LogP contribution in [0.25, 0.3) is 0 Å². The molecule has 0 amide bonds. The molecule has 0 aromatic carbocycles. The van der Waals surface area contributed by atoms with Gasteiger partial charge < -0.3 is 4.74 Å². The molecule has 2 atom stereocenters. The van der Waals surface area contributed by atoms with Crippen molar-refractivity contribution in [3.05, 3.63) is 37.0 Å². The first-order valence-corrected chi connectivity index (χ1v) is 9.48. The molecule has 1 aliphatic heterocycles. The molecular weight excluding hydrogens is 268 g/mol. The SMILES string of the molecule is C=CC=CC=CCC[C@@H]1O[C@@H]1CCCCCCCCCCC. The second-order valence-corrected chi connectivity index (χ2v) is 6.46. The van der Waals surface area contributed by atoms with Gasteiger partial charge >= 0.3 is 0 Å². The maximum absolute atomic E-state index is 5.75. The number of hydrogen-bond acceptors (Lipinski definition) is 1. The lowest BCUT2D eigenvalue weighted by Gasteiger charge is -2.01. The fourth-order valence-electron chi connectivity index (χ4n) is 2.92. The fraction of sp³-hybridized carbons (Fsp3) is 0.714. The van der Waals surface area contributed by atoms with E-state index in [1.165, 1.54) is 70.6 Å². The Hall–Kier alpha value is -0.820. The first kappa shape index (κ1) is 19.2. The molecule has 0 aromatic heterocycles. The molecule has 126 valence electrons. The minimum atomic E-state index is 0.544. The van der Waals surface area contributed by atoms with Crippen molar-refractivity contribution in [2.24, 2.45) is 0 Å². The molecule has 1 nitrogen and oxygen atoms in total. The lowest BCUT2D eigenvalue weighted by Crippen LogP contribution is -1.93. The topological polar surface area (TPSA) is 12.5 Å². The van der Waals surface area contributed by atoms with Crippen LogP contribution < -0.4 is 0 Å². The van der Waals surface area contributed by atoms with E-state index in [0.717, 1.165) is 6.42 Å². The van der Waals surface area contributed by atoms with Gasteiger partial charge in [-0.25, -0.2) is 0 Å². The highest BCUT2D eigenvalue weighted by Gasteiger charge is 2.36. The Kier molecular flexibility index (Phi) is 12.1. The van der Waals surface area contributed by atoms with Crippen molar-refractivity contribution in [2.45, 2.75) is 96.2 Å². The van der Waals surface area contributed by atoms with E-state index in [1.807, 2.05) is 12.2 Å². The van der Waals surface area contributed by atoms with Crippen LogP contribution in [-0.4, -0.2) is 12.2 Å². The van der Waals surface area contributed by atoms with Crippen LogP contribution in [0.15, 0.2) is 37.0 Å². The highest BCUT2D eigenvalue weighted by molar-refractivity contribution is 5.08. The van der Waals surface area contributed by atoms with Crippen molar-refractivity contribution < 1.29 is 4.74 Å². The second kappa shape index (κ2) is 13.8. The van der Waals surface area contributed by atoms with Crippen LogP contribution in [-0.2, 0) is 4.74 Å². The van der Waals surface area contributed by atoms with Crippen LogP contribution in [0.5, 0.6) is 0 Å². The molecule has 0 unspecified atom stereocenters. The third kappa shape index (κ3) is 10.8. The van der Waals surface area contributed by atoms with Crippen LogP contribution in [0.2, 0.25) is 0 Å². The standard InChI is InChI=1S/C21H36O/c1-3-5-7-9-11-12-13-15-17-19-21-20(22-21)18-16-14-10-8-6-4-2/h4,6,8,10,14,20-21H,2-3,5,7,9,11-13,15-19H2,1H3/t20-,21+/m0/s1. The molecule has 1 aliphatic rings. The first-order valence-electron chi connectivity index (χ1n) is 9.48. The van der Waals surface area contributed by atoms with Gasteiger partial charge in [-0.3, -0.25) is 0 Å². The normalized spacial score (nSPS) is 21.0. The molecule has 0 radical (unpaired) electrons. The van der Waals surface area contributed by atoms with E-state index in [0.29, 0.717) is 12.2 Å². The molecule has 1 saturated heterocycles. The summed E-state index contributed by atoms with van der Waals surface area (Å²) in [5.74, 6) is 0. The zero-order chi connectivity index (χ0) is 15.9. The van der Waals surface area contributed by atoms with E-state index in [9.17, 15) is 0 Å². The van der Waals surface area contributed by atoms with Crippen LogP contribution >= 0.6 is 0 Å². The third-order valence-electron chi connectivity index (χ3n) is 4.39. The Balaban J connectivity index is 1.81. The predicted octanol–water partition coefficient (Wildman–Crippen LogP) is 6.75. The molecule has 22 heavy (non-hydrogen) atoms. The highest BCUT2D eigenvalue weighted by Crippen LogP contribution is 2.31. The van der Waals surface area contributed by atoms with E-state index in [-0.39, 0.29) is 0 Å². The van der Waals surface area contributed by atoms with Gasteiger partial charge in [-0.2, -0.15) is 0 Å². The quantitative estimate of drug-likeness (QED) is 0.185. The van der Waals surface area contributed by atoms with Gasteiger partial charge in [0.25, 0.3) is 0 Å². The fourth-order valence-corrected chi connectivity index (χ4v) is 2.92. The van der Waals surface area contributed by atoms with E-state index in [2.05, 4.69) is 25.7 Å². The van der Waals surface area contributed by atoms with E-state index in [4.69, 9.17) is 4.74 Å². The van der Waals surface area contributed by atoms with Crippen molar-refractivity contribution in [1.82, 2.24) is 0 Å². The number of allylic oxidation sites excluding steroid dienone is 5. The zero-order valence-electron chi connectivity index (χ0n) is 14.6. The van der Waals surface area contributed by atoms with Crippen molar-refractivity contribution in [3.8, 4) is 0 Å². The van der Waals surface area contributed by atoms with E-state index < -0.39 is 0 Å². The zero-order valence-corrected chi connectivity index (χ0v) is 14.6. The van der Waals surface area contributed by atoms with Crippen molar-refractivity contribution in [3.63, 3.8) is 0 Å². The summed E-state index contributed by atoms with van der Waals surface area (Å²) in [7, 11) is 0. The predicted molar refractivity (Wildman–Crippen MR) is 98.2 cm³/mol. The summed E-state index contributed by atoms with van der Waals surface area (Å²) in [6, 6.07) is 0. The van der Waals surface area contributed by atoms with Gasteiger partial charge in [-0.15, -0.1) is 0 Å². The third-order valence-corrected chi connectivity index (χ3v) is 4.39. The minimum Gasteiger partial charge on any atom is -0.370 e. The summed E-state index contributed by atoms with van der Waals surface area (Å²) in [5, 5.41) is 0. The Morgan fingerprint density at radius 3 is 2.09 bits per heavy atom. The van der Waals surface area contributed by atoms with Gasteiger partial charge in [0.15, 0.2) is 0 Å². The van der Waals surface area contributed by atoms with Gasteiger partial charge in [0.1, 0.15) is 0 Å². The van der Waals surface area contributed by atoms with Crippen molar-refractivity contribution in [2.75, 3.05) is 0 Å². The van der Waals surface area contributed by atoms with E-state index in [1.54, 1.807) is 6.08 Å². The molecule has 1 fully saturated rings. The molecule has 0 N–H and O–H groups in total. The Morgan fingerprint density at radius 1 is 0.773 bits per heavy atom. The average molecular weight is 305 g/mol. The Bertz CT molecular complexity index is 316. The van der Waals surface area contributed by atoms with Gasteiger partial charge in [-0.1, -0.05) is 102 Å². The molecule has 0 aromatic rings. The minimum absolute atomic E-state index is 0.544. The average Bonchev–Trinajstić information content (AvgIpc) is 3.27. The molecular formula is C21H36O. The number of unbranched alkanes of at least 4 members (excludes halogenated alkanes) is 8. The lowest BCUT2D eigenvalue weighted by atomic mass is 10.0. The van der Waals surface area contributed by atoms with E-state index >= 15 is 0 Å². The molecule has 0 saturated carbocycles. The van der Waals surface area contributed by atoms with Crippen LogP contribution in [0.3, 0.4) is 0 Å². The molecule has 0 aliphatic carbocycles. The smallest absolute Gasteiger partial charge is 0.0844 e. The number of rotatable bonds is 15. The maximum atomic E-state index is 5.75. The van der Waals surface area contributed by atoms with Crippen molar-refractivity contribution >= 4 is 0 Å². The van der Waals surface area contributed by atoms with Gasteiger partial charge in [0.2, 0.25) is 0 Å². The van der Waals surface area contributed by atoms with Gasteiger partial charge in [0, 0.05) is 0 Å².